The first-order chi connectivity index (χ1) is 9.28. The summed E-state index contributed by atoms with van der Waals surface area (Å²) in [5.41, 5.74) is 0.481. The van der Waals surface area contributed by atoms with Crippen LogP contribution < -0.4 is 5.32 Å². The Hall–Kier alpha value is -1.69. The lowest BCUT2D eigenvalue weighted by Gasteiger charge is -2.24. The Morgan fingerprint density at radius 1 is 1.45 bits per heavy atom. The van der Waals surface area contributed by atoms with Crippen molar-refractivity contribution in [3.05, 3.63) is 23.8 Å². The zero-order valence-corrected chi connectivity index (χ0v) is 12.9. The number of carbonyl (C=O) groups excluding carboxylic acids is 1. The molecule has 1 aromatic heterocycles. The van der Waals surface area contributed by atoms with Gasteiger partial charge in [0.05, 0.1) is 5.69 Å². The molecule has 0 saturated heterocycles. The molecule has 0 fully saturated rings. The van der Waals surface area contributed by atoms with Crippen LogP contribution in [0.15, 0.2) is 12.3 Å². The van der Waals surface area contributed by atoms with E-state index in [9.17, 15) is 4.79 Å². The average molecular weight is 280 g/mol. The van der Waals surface area contributed by atoms with Crippen LogP contribution in [0.3, 0.4) is 0 Å². The molecule has 1 amide bonds. The lowest BCUT2D eigenvalue weighted by molar-refractivity contribution is 0.0300. The van der Waals surface area contributed by atoms with Crippen LogP contribution in [-0.4, -0.2) is 46.7 Å². The first kappa shape index (κ1) is 16.4. The van der Waals surface area contributed by atoms with E-state index < -0.39 is 5.60 Å². The SMILES string of the molecule is Cc1nccc(CNCCN(C)C(=O)OC(C)(C)C)n1. The third kappa shape index (κ3) is 6.47. The minimum atomic E-state index is -0.461. The second-order valence-electron chi connectivity index (χ2n) is 5.67. The number of aryl methyl sites for hydroxylation is 1. The van der Waals surface area contributed by atoms with Crippen molar-refractivity contribution in [3.8, 4) is 0 Å². The van der Waals surface area contributed by atoms with Crippen LogP contribution in [-0.2, 0) is 11.3 Å². The van der Waals surface area contributed by atoms with E-state index in [1.807, 2.05) is 33.8 Å². The monoisotopic (exact) mass is 280 g/mol. The Morgan fingerprint density at radius 2 is 2.15 bits per heavy atom. The number of carbonyl (C=O) groups is 1. The standard InChI is InChI=1S/C14H24N4O2/c1-11-16-7-6-12(17-11)10-15-8-9-18(5)13(19)20-14(2,3)4/h6-7,15H,8-10H2,1-5H3. The highest BCUT2D eigenvalue weighted by Crippen LogP contribution is 2.08. The molecular formula is C14H24N4O2. The lowest BCUT2D eigenvalue weighted by Crippen LogP contribution is -2.37. The summed E-state index contributed by atoms with van der Waals surface area (Å²) in [5, 5.41) is 3.24. The number of nitrogens with one attached hydrogen (secondary N) is 1. The summed E-state index contributed by atoms with van der Waals surface area (Å²) in [6, 6.07) is 1.87. The van der Waals surface area contributed by atoms with Gasteiger partial charge in [0.25, 0.3) is 0 Å². The zero-order chi connectivity index (χ0) is 15.2. The molecule has 1 rings (SSSR count). The smallest absolute Gasteiger partial charge is 0.410 e. The highest BCUT2D eigenvalue weighted by Gasteiger charge is 2.18. The van der Waals surface area contributed by atoms with E-state index in [0.29, 0.717) is 19.6 Å². The molecular weight excluding hydrogens is 256 g/mol. The summed E-state index contributed by atoms with van der Waals surface area (Å²) < 4.78 is 5.27. The topological polar surface area (TPSA) is 67.4 Å². The van der Waals surface area contributed by atoms with Gasteiger partial charge in [-0.3, -0.25) is 0 Å². The number of rotatable bonds is 5. The number of ether oxygens (including phenoxy) is 1. The number of hydrogen-bond acceptors (Lipinski definition) is 5. The maximum Gasteiger partial charge on any atom is 0.410 e. The van der Waals surface area contributed by atoms with Gasteiger partial charge in [-0.15, -0.1) is 0 Å². The summed E-state index contributed by atoms with van der Waals surface area (Å²) in [4.78, 5) is 21.6. The molecule has 0 aliphatic carbocycles. The van der Waals surface area contributed by atoms with Crippen molar-refractivity contribution < 1.29 is 9.53 Å². The molecule has 6 heteroatoms. The van der Waals surface area contributed by atoms with Crippen molar-refractivity contribution in [3.63, 3.8) is 0 Å². The largest absolute Gasteiger partial charge is 0.444 e. The fraction of sp³-hybridized carbons (Fsp3) is 0.643. The van der Waals surface area contributed by atoms with Crippen LogP contribution in [0.25, 0.3) is 0 Å². The van der Waals surface area contributed by atoms with Crippen LogP contribution in [0.2, 0.25) is 0 Å². The third-order valence-corrected chi connectivity index (χ3v) is 2.47. The van der Waals surface area contributed by atoms with Gasteiger partial charge in [-0.25, -0.2) is 14.8 Å². The number of likely N-dealkylation sites (N-methyl/N-ethyl adjacent to an activating group) is 1. The molecule has 0 atom stereocenters. The Morgan fingerprint density at radius 3 is 2.75 bits per heavy atom. The summed E-state index contributed by atoms with van der Waals surface area (Å²) in [6.07, 6.45) is 1.43. The van der Waals surface area contributed by atoms with E-state index in [1.54, 1.807) is 18.1 Å². The van der Waals surface area contributed by atoms with Gasteiger partial charge in [0.1, 0.15) is 11.4 Å². The van der Waals surface area contributed by atoms with E-state index in [4.69, 9.17) is 4.74 Å². The second kappa shape index (κ2) is 7.19. The maximum atomic E-state index is 11.7. The van der Waals surface area contributed by atoms with Gasteiger partial charge >= 0.3 is 6.09 Å². The van der Waals surface area contributed by atoms with Crippen molar-refractivity contribution in [1.29, 1.82) is 0 Å². The summed E-state index contributed by atoms with van der Waals surface area (Å²) in [6.45, 7) is 9.35. The van der Waals surface area contributed by atoms with Gasteiger partial charge in [-0.05, 0) is 33.8 Å². The van der Waals surface area contributed by atoms with Gasteiger partial charge in [-0.1, -0.05) is 0 Å². The normalized spacial score (nSPS) is 11.2. The van der Waals surface area contributed by atoms with Crippen molar-refractivity contribution in [2.45, 2.75) is 39.8 Å². The number of aromatic nitrogens is 2. The summed E-state index contributed by atoms with van der Waals surface area (Å²) in [5.74, 6) is 0.759. The zero-order valence-electron chi connectivity index (χ0n) is 12.9. The molecule has 0 aromatic carbocycles. The molecule has 0 aliphatic heterocycles. The fourth-order valence-electron chi connectivity index (χ4n) is 1.50. The van der Waals surface area contributed by atoms with E-state index in [1.165, 1.54) is 0 Å². The van der Waals surface area contributed by atoms with Crippen LogP contribution in [0.4, 0.5) is 4.79 Å². The average Bonchev–Trinajstić information content (AvgIpc) is 2.32. The van der Waals surface area contributed by atoms with Crippen molar-refractivity contribution in [2.24, 2.45) is 0 Å². The van der Waals surface area contributed by atoms with Gasteiger partial charge < -0.3 is 15.0 Å². The van der Waals surface area contributed by atoms with Gasteiger partial charge in [0, 0.05) is 32.9 Å². The van der Waals surface area contributed by atoms with Crippen molar-refractivity contribution in [1.82, 2.24) is 20.2 Å². The van der Waals surface area contributed by atoms with E-state index in [0.717, 1.165) is 11.5 Å². The van der Waals surface area contributed by atoms with Crippen LogP contribution in [0, 0.1) is 6.92 Å². The van der Waals surface area contributed by atoms with Gasteiger partial charge in [0.15, 0.2) is 0 Å². The molecule has 0 unspecified atom stereocenters. The number of nitrogens with zero attached hydrogens (tertiary/aromatic N) is 3. The fourth-order valence-corrected chi connectivity index (χ4v) is 1.50. The molecule has 6 nitrogen and oxygen atoms in total. The molecule has 0 spiro atoms. The van der Waals surface area contributed by atoms with Crippen LogP contribution >= 0.6 is 0 Å². The molecule has 20 heavy (non-hydrogen) atoms. The van der Waals surface area contributed by atoms with Gasteiger partial charge in [-0.2, -0.15) is 0 Å². The van der Waals surface area contributed by atoms with Gasteiger partial charge in [0.2, 0.25) is 0 Å². The molecule has 1 N–H and O–H groups in total. The number of amides is 1. The molecule has 0 aliphatic rings. The Labute approximate surface area is 120 Å². The van der Waals surface area contributed by atoms with Crippen molar-refractivity contribution in [2.75, 3.05) is 20.1 Å². The quantitative estimate of drug-likeness (QED) is 0.832. The molecule has 1 aromatic rings. The third-order valence-electron chi connectivity index (χ3n) is 2.47. The molecule has 0 saturated carbocycles. The second-order valence-corrected chi connectivity index (χ2v) is 5.67. The number of hydrogen-bond donors (Lipinski definition) is 1. The summed E-state index contributed by atoms with van der Waals surface area (Å²) in [7, 11) is 1.73. The first-order valence-corrected chi connectivity index (χ1v) is 6.71. The summed E-state index contributed by atoms with van der Waals surface area (Å²) >= 11 is 0. The predicted octanol–water partition coefficient (Wildman–Crippen LogP) is 1.74. The highest BCUT2D eigenvalue weighted by molar-refractivity contribution is 5.67. The molecule has 0 radical (unpaired) electrons. The van der Waals surface area contributed by atoms with Crippen molar-refractivity contribution >= 4 is 6.09 Å². The molecule has 0 bridgehead atoms. The Balaban J connectivity index is 2.25. The first-order valence-electron chi connectivity index (χ1n) is 6.71. The van der Waals surface area contributed by atoms with E-state index >= 15 is 0 Å². The van der Waals surface area contributed by atoms with E-state index in [2.05, 4.69) is 15.3 Å². The van der Waals surface area contributed by atoms with Crippen LogP contribution in [0.1, 0.15) is 32.3 Å². The minimum Gasteiger partial charge on any atom is -0.444 e. The van der Waals surface area contributed by atoms with E-state index in [-0.39, 0.29) is 6.09 Å². The Kier molecular flexibility index (Phi) is 5.88. The highest BCUT2D eigenvalue weighted by atomic mass is 16.6. The molecule has 1 heterocycles. The lowest BCUT2D eigenvalue weighted by atomic mass is 10.2. The maximum absolute atomic E-state index is 11.7. The predicted molar refractivity (Wildman–Crippen MR) is 77.3 cm³/mol. The Bertz CT molecular complexity index is 443. The molecule has 112 valence electrons. The minimum absolute atomic E-state index is 0.308. The van der Waals surface area contributed by atoms with Crippen LogP contribution in [0.5, 0.6) is 0 Å².